The fourth-order valence-corrected chi connectivity index (χ4v) is 2.73. The molecule has 1 saturated heterocycles. The summed E-state index contributed by atoms with van der Waals surface area (Å²) in [6, 6.07) is 0.676. The molecule has 1 aliphatic heterocycles. The first-order valence-electron chi connectivity index (χ1n) is 5.01. The fraction of sp³-hybridized carbons (Fsp3) is 0.700. The van der Waals surface area contributed by atoms with Crippen LogP contribution in [0.4, 0.5) is 0 Å². The van der Waals surface area contributed by atoms with Crippen LogP contribution in [0, 0.1) is 5.92 Å². The van der Waals surface area contributed by atoms with Crippen molar-refractivity contribution < 1.29 is 0 Å². The smallest absolute Gasteiger partial charge is 0.183 e. The number of thiazole rings is 1. The van der Waals surface area contributed by atoms with Gasteiger partial charge in [0.2, 0.25) is 0 Å². The van der Waals surface area contributed by atoms with Gasteiger partial charge in [-0.1, -0.05) is 18.5 Å². The molecule has 2 nitrogen and oxygen atoms in total. The lowest BCUT2D eigenvalue weighted by atomic mass is 10.1. The number of aromatic nitrogens is 1. The minimum atomic E-state index is 0.653. The van der Waals surface area contributed by atoms with Crippen molar-refractivity contribution in [3.63, 3.8) is 0 Å². The van der Waals surface area contributed by atoms with E-state index in [1.807, 2.05) is 0 Å². The molecule has 0 N–H and O–H groups in total. The van der Waals surface area contributed by atoms with Gasteiger partial charge in [-0.3, -0.25) is 4.90 Å². The number of rotatable bonds is 2. The zero-order valence-corrected chi connectivity index (χ0v) is 10.1. The van der Waals surface area contributed by atoms with Crippen LogP contribution in [0.5, 0.6) is 0 Å². The third kappa shape index (κ3) is 2.10. The maximum Gasteiger partial charge on any atom is 0.183 e. The van der Waals surface area contributed by atoms with E-state index in [9.17, 15) is 0 Å². The van der Waals surface area contributed by atoms with Crippen LogP contribution >= 0.6 is 22.9 Å². The van der Waals surface area contributed by atoms with Gasteiger partial charge in [0.25, 0.3) is 0 Å². The van der Waals surface area contributed by atoms with Gasteiger partial charge in [0.05, 0.1) is 5.69 Å². The molecule has 4 heteroatoms. The average Bonchev–Trinajstić information content (AvgIpc) is 2.67. The Morgan fingerprint density at radius 3 is 2.93 bits per heavy atom. The standard InChI is InChI=1S/C10H15ClN2S/c1-7-3-4-13(8(7)2)5-9-6-14-10(11)12-9/h6-8H,3-5H2,1-2H3. The molecule has 1 aromatic rings. The highest BCUT2D eigenvalue weighted by atomic mass is 35.5. The van der Waals surface area contributed by atoms with Crippen LogP contribution in [0.2, 0.25) is 4.47 Å². The second kappa shape index (κ2) is 4.17. The first-order chi connectivity index (χ1) is 6.66. The highest BCUT2D eigenvalue weighted by Crippen LogP contribution is 2.26. The topological polar surface area (TPSA) is 16.1 Å². The molecule has 0 spiro atoms. The molecular formula is C10H15ClN2S. The van der Waals surface area contributed by atoms with Crippen molar-refractivity contribution in [2.24, 2.45) is 5.92 Å². The predicted octanol–water partition coefficient (Wildman–Crippen LogP) is 3.03. The van der Waals surface area contributed by atoms with Crippen LogP contribution < -0.4 is 0 Å². The molecule has 0 aliphatic carbocycles. The Hall–Kier alpha value is -0.120. The first-order valence-corrected chi connectivity index (χ1v) is 6.26. The summed E-state index contributed by atoms with van der Waals surface area (Å²) in [4.78, 5) is 6.76. The summed E-state index contributed by atoms with van der Waals surface area (Å²) in [5, 5.41) is 2.05. The van der Waals surface area contributed by atoms with Crippen molar-refractivity contribution in [1.29, 1.82) is 0 Å². The summed E-state index contributed by atoms with van der Waals surface area (Å²) in [5.74, 6) is 0.809. The average molecular weight is 231 g/mol. The molecule has 0 bridgehead atoms. The largest absolute Gasteiger partial charge is 0.295 e. The number of hydrogen-bond donors (Lipinski definition) is 0. The van der Waals surface area contributed by atoms with Gasteiger partial charge in [0.1, 0.15) is 0 Å². The summed E-state index contributed by atoms with van der Waals surface area (Å²) in [7, 11) is 0. The molecule has 1 aliphatic rings. The van der Waals surface area contributed by atoms with Gasteiger partial charge in [-0.15, -0.1) is 11.3 Å². The van der Waals surface area contributed by atoms with E-state index >= 15 is 0 Å². The van der Waals surface area contributed by atoms with Gasteiger partial charge in [-0.2, -0.15) is 0 Å². The summed E-state index contributed by atoms with van der Waals surface area (Å²) < 4.78 is 0.653. The van der Waals surface area contributed by atoms with Crippen LogP contribution in [-0.2, 0) is 6.54 Å². The Morgan fingerprint density at radius 2 is 2.43 bits per heavy atom. The van der Waals surface area contributed by atoms with Gasteiger partial charge < -0.3 is 0 Å². The molecule has 2 atom stereocenters. The lowest BCUT2D eigenvalue weighted by molar-refractivity contribution is 0.237. The summed E-state index contributed by atoms with van der Waals surface area (Å²) in [6.45, 7) is 6.76. The van der Waals surface area contributed by atoms with E-state index in [1.54, 1.807) is 0 Å². The van der Waals surface area contributed by atoms with Gasteiger partial charge in [0, 0.05) is 18.0 Å². The van der Waals surface area contributed by atoms with Crippen molar-refractivity contribution >= 4 is 22.9 Å². The number of nitrogens with zero attached hydrogens (tertiary/aromatic N) is 2. The number of hydrogen-bond acceptors (Lipinski definition) is 3. The van der Waals surface area contributed by atoms with Crippen LogP contribution in [0.25, 0.3) is 0 Å². The summed E-state index contributed by atoms with van der Waals surface area (Å²) in [5.41, 5.74) is 1.11. The molecule has 2 unspecified atom stereocenters. The third-order valence-electron chi connectivity index (χ3n) is 3.16. The van der Waals surface area contributed by atoms with E-state index < -0.39 is 0 Å². The van der Waals surface area contributed by atoms with Crippen molar-refractivity contribution in [2.75, 3.05) is 6.54 Å². The van der Waals surface area contributed by atoms with E-state index in [0.29, 0.717) is 10.5 Å². The van der Waals surface area contributed by atoms with Crippen LogP contribution in [-0.4, -0.2) is 22.5 Å². The lowest BCUT2D eigenvalue weighted by Gasteiger charge is -2.21. The van der Waals surface area contributed by atoms with E-state index in [0.717, 1.165) is 18.2 Å². The SMILES string of the molecule is CC1CCN(Cc2csc(Cl)n2)C1C. The number of halogens is 1. The Labute approximate surface area is 93.9 Å². The highest BCUT2D eigenvalue weighted by molar-refractivity contribution is 7.13. The van der Waals surface area contributed by atoms with Gasteiger partial charge in [0.15, 0.2) is 4.47 Å². The van der Waals surface area contributed by atoms with Crippen molar-refractivity contribution in [1.82, 2.24) is 9.88 Å². The zero-order chi connectivity index (χ0) is 10.1. The summed E-state index contributed by atoms with van der Waals surface area (Å²) in [6.07, 6.45) is 1.30. The molecule has 2 heterocycles. The molecule has 78 valence electrons. The number of likely N-dealkylation sites (tertiary alicyclic amines) is 1. The van der Waals surface area contributed by atoms with Gasteiger partial charge in [-0.05, 0) is 25.8 Å². The van der Waals surface area contributed by atoms with Crippen LogP contribution in [0.15, 0.2) is 5.38 Å². The van der Waals surface area contributed by atoms with E-state index in [2.05, 4.69) is 29.1 Å². The highest BCUT2D eigenvalue weighted by Gasteiger charge is 2.27. The Morgan fingerprint density at radius 1 is 1.64 bits per heavy atom. The lowest BCUT2D eigenvalue weighted by Crippen LogP contribution is -2.28. The van der Waals surface area contributed by atoms with Gasteiger partial charge in [-0.25, -0.2) is 4.98 Å². The Bertz CT molecular complexity index is 313. The van der Waals surface area contributed by atoms with E-state index in [1.165, 1.54) is 24.3 Å². The van der Waals surface area contributed by atoms with Crippen molar-refractivity contribution in [2.45, 2.75) is 32.9 Å². The normalized spacial score (nSPS) is 28.5. The van der Waals surface area contributed by atoms with E-state index in [4.69, 9.17) is 11.6 Å². The third-order valence-corrected chi connectivity index (χ3v) is 4.19. The van der Waals surface area contributed by atoms with Gasteiger partial charge >= 0.3 is 0 Å². The van der Waals surface area contributed by atoms with Crippen LogP contribution in [0.1, 0.15) is 26.0 Å². The summed E-state index contributed by atoms with van der Waals surface area (Å²) >= 11 is 7.32. The molecule has 1 fully saturated rings. The minimum Gasteiger partial charge on any atom is -0.295 e. The van der Waals surface area contributed by atoms with Crippen molar-refractivity contribution in [3.05, 3.63) is 15.5 Å². The van der Waals surface area contributed by atoms with E-state index in [-0.39, 0.29) is 0 Å². The minimum absolute atomic E-state index is 0.653. The molecule has 0 saturated carbocycles. The Kier molecular flexibility index (Phi) is 3.10. The molecule has 0 radical (unpaired) electrons. The maximum absolute atomic E-state index is 5.80. The molecule has 14 heavy (non-hydrogen) atoms. The van der Waals surface area contributed by atoms with Crippen molar-refractivity contribution in [3.8, 4) is 0 Å². The second-order valence-electron chi connectivity index (χ2n) is 4.07. The Balaban J connectivity index is 1.98. The monoisotopic (exact) mass is 230 g/mol. The quantitative estimate of drug-likeness (QED) is 0.777. The predicted molar refractivity (Wildman–Crippen MR) is 60.8 cm³/mol. The molecule has 1 aromatic heterocycles. The molecule has 2 rings (SSSR count). The van der Waals surface area contributed by atoms with Crippen LogP contribution in [0.3, 0.4) is 0 Å². The molecule has 0 amide bonds. The zero-order valence-electron chi connectivity index (χ0n) is 8.53. The second-order valence-corrected chi connectivity index (χ2v) is 5.51. The fourth-order valence-electron chi connectivity index (χ4n) is 1.96. The first kappa shape index (κ1) is 10.4. The maximum atomic E-state index is 5.80. The molecule has 0 aromatic carbocycles. The molecular weight excluding hydrogens is 216 g/mol.